The van der Waals surface area contributed by atoms with Crippen LogP contribution in [0.2, 0.25) is 0 Å². The van der Waals surface area contributed by atoms with Gasteiger partial charge in [0, 0.05) is 25.9 Å². The Morgan fingerprint density at radius 1 is 1.00 bits per heavy atom. The summed E-state index contributed by atoms with van der Waals surface area (Å²) in [5.74, 6) is 0.252. The van der Waals surface area contributed by atoms with Crippen LogP contribution in [0.15, 0.2) is 53.5 Å². The number of hydrogen-bond acceptors (Lipinski definition) is 3. The third-order valence-corrected chi connectivity index (χ3v) is 2.64. The summed E-state index contributed by atoms with van der Waals surface area (Å²) in [5, 5.41) is 10.1. The van der Waals surface area contributed by atoms with Crippen LogP contribution < -0.4 is 4.90 Å². The molecular weight excluding hydrogens is 224 g/mol. The molecule has 0 saturated carbocycles. The van der Waals surface area contributed by atoms with Crippen LogP contribution in [0.4, 0.5) is 11.4 Å². The lowest BCUT2D eigenvalue weighted by Crippen LogP contribution is -2.09. The van der Waals surface area contributed by atoms with Crippen molar-refractivity contribution in [3.63, 3.8) is 0 Å². The lowest BCUT2D eigenvalue weighted by Gasteiger charge is -2.15. The minimum atomic E-state index is 0.252. The highest BCUT2D eigenvalue weighted by Crippen LogP contribution is 2.28. The molecule has 18 heavy (non-hydrogen) atoms. The van der Waals surface area contributed by atoms with Crippen molar-refractivity contribution in [2.45, 2.75) is 0 Å². The predicted molar refractivity (Wildman–Crippen MR) is 76.1 cm³/mol. The van der Waals surface area contributed by atoms with Gasteiger partial charge in [-0.2, -0.15) is 0 Å². The van der Waals surface area contributed by atoms with Crippen LogP contribution >= 0.6 is 0 Å². The van der Waals surface area contributed by atoms with Crippen molar-refractivity contribution in [1.82, 2.24) is 0 Å². The molecule has 2 aromatic rings. The minimum Gasteiger partial charge on any atom is -0.505 e. The van der Waals surface area contributed by atoms with Crippen molar-refractivity contribution in [2.24, 2.45) is 4.99 Å². The van der Waals surface area contributed by atoms with Crippen LogP contribution in [0.5, 0.6) is 5.75 Å². The molecule has 0 radical (unpaired) electrons. The Hall–Kier alpha value is -2.29. The Balaban J connectivity index is 2.30. The second-order valence-corrected chi connectivity index (χ2v) is 4.20. The number of para-hydroxylation sites is 2. The Morgan fingerprint density at radius 3 is 2.39 bits per heavy atom. The Bertz CT molecular complexity index is 548. The molecule has 0 aliphatic rings. The molecule has 0 fully saturated rings. The number of phenolic OH excluding ortho intramolecular Hbond substituents is 1. The summed E-state index contributed by atoms with van der Waals surface area (Å²) in [6, 6.07) is 15.3. The van der Waals surface area contributed by atoms with Gasteiger partial charge in [0.1, 0.15) is 5.75 Å². The van der Waals surface area contributed by atoms with Crippen LogP contribution in [0, 0.1) is 0 Å². The summed E-state index contributed by atoms with van der Waals surface area (Å²) in [7, 11) is 3.79. The maximum Gasteiger partial charge on any atom is 0.147 e. The van der Waals surface area contributed by atoms with Crippen LogP contribution in [-0.4, -0.2) is 25.4 Å². The number of aliphatic imine (C=N–C) groups is 1. The summed E-state index contributed by atoms with van der Waals surface area (Å²) < 4.78 is 0. The number of phenols is 1. The van der Waals surface area contributed by atoms with E-state index in [0.717, 1.165) is 11.4 Å². The largest absolute Gasteiger partial charge is 0.505 e. The maximum atomic E-state index is 10.1. The van der Waals surface area contributed by atoms with Gasteiger partial charge in [0.25, 0.3) is 0 Å². The molecule has 3 nitrogen and oxygen atoms in total. The third kappa shape index (κ3) is 2.69. The van der Waals surface area contributed by atoms with E-state index < -0.39 is 0 Å². The van der Waals surface area contributed by atoms with E-state index in [9.17, 15) is 5.11 Å². The standard InChI is InChI=1S/C15H16N2O/c1-17(2)14-10-6-7-12(15(14)18)11-16-13-8-4-3-5-9-13/h3-11,18H,1-2H3/b16-11+. The van der Waals surface area contributed by atoms with Crippen LogP contribution in [-0.2, 0) is 0 Å². The van der Waals surface area contributed by atoms with Crippen molar-refractivity contribution in [1.29, 1.82) is 0 Å². The zero-order chi connectivity index (χ0) is 13.0. The molecule has 0 saturated heterocycles. The van der Waals surface area contributed by atoms with Gasteiger partial charge in [0.05, 0.1) is 11.4 Å². The van der Waals surface area contributed by atoms with E-state index in [-0.39, 0.29) is 5.75 Å². The molecule has 0 aliphatic heterocycles. The van der Waals surface area contributed by atoms with Crippen LogP contribution in [0.1, 0.15) is 5.56 Å². The number of aromatic hydroxyl groups is 1. The molecule has 0 unspecified atom stereocenters. The highest BCUT2D eigenvalue weighted by Gasteiger charge is 2.06. The highest BCUT2D eigenvalue weighted by atomic mass is 16.3. The summed E-state index contributed by atoms with van der Waals surface area (Å²) in [5.41, 5.74) is 2.37. The topological polar surface area (TPSA) is 35.8 Å². The fraction of sp³-hybridized carbons (Fsp3) is 0.133. The van der Waals surface area contributed by atoms with Crippen molar-refractivity contribution < 1.29 is 5.11 Å². The molecule has 0 heterocycles. The predicted octanol–water partition coefficient (Wildman–Crippen LogP) is 3.21. The Labute approximate surface area is 107 Å². The van der Waals surface area contributed by atoms with Gasteiger partial charge in [0.15, 0.2) is 0 Å². The SMILES string of the molecule is CN(C)c1cccc(/C=N/c2ccccc2)c1O. The van der Waals surface area contributed by atoms with Crippen LogP contribution in [0.25, 0.3) is 0 Å². The average molecular weight is 240 g/mol. The van der Waals surface area contributed by atoms with Crippen LogP contribution in [0.3, 0.4) is 0 Å². The monoisotopic (exact) mass is 240 g/mol. The van der Waals surface area contributed by atoms with Crippen molar-refractivity contribution >= 4 is 17.6 Å². The molecule has 3 heteroatoms. The molecule has 0 spiro atoms. The number of benzene rings is 2. The second-order valence-electron chi connectivity index (χ2n) is 4.20. The van der Waals surface area contributed by atoms with Gasteiger partial charge in [-0.15, -0.1) is 0 Å². The van der Waals surface area contributed by atoms with E-state index in [1.807, 2.05) is 67.5 Å². The van der Waals surface area contributed by atoms with Crippen molar-refractivity contribution in [3.05, 3.63) is 54.1 Å². The van der Waals surface area contributed by atoms with Crippen molar-refractivity contribution in [2.75, 3.05) is 19.0 Å². The fourth-order valence-corrected chi connectivity index (χ4v) is 1.67. The summed E-state index contributed by atoms with van der Waals surface area (Å²) >= 11 is 0. The summed E-state index contributed by atoms with van der Waals surface area (Å²) in [6.07, 6.45) is 1.68. The Morgan fingerprint density at radius 2 is 1.72 bits per heavy atom. The maximum absolute atomic E-state index is 10.1. The molecule has 92 valence electrons. The molecule has 0 amide bonds. The summed E-state index contributed by atoms with van der Waals surface area (Å²) in [4.78, 5) is 6.20. The molecule has 0 aliphatic carbocycles. The van der Waals surface area contributed by atoms with E-state index in [4.69, 9.17) is 0 Å². The highest BCUT2D eigenvalue weighted by molar-refractivity contribution is 5.88. The van der Waals surface area contributed by atoms with Gasteiger partial charge in [0.2, 0.25) is 0 Å². The zero-order valence-electron chi connectivity index (χ0n) is 10.5. The normalized spacial score (nSPS) is 10.8. The van der Waals surface area contributed by atoms with Gasteiger partial charge in [-0.3, -0.25) is 4.99 Å². The van der Waals surface area contributed by atoms with Gasteiger partial charge in [-0.05, 0) is 24.3 Å². The first kappa shape index (κ1) is 12.2. The molecule has 2 rings (SSSR count). The fourth-order valence-electron chi connectivity index (χ4n) is 1.67. The van der Waals surface area contributed by atoms with Gasteiger partial charge < -0.3 is 10.0 Å². The lowest BCUT2D eigenvalue weighted by molar-refractivity contribution is 0.475. The average Bonchev–Trinajstić information content (AvgIpc) is 2.38. The quantitative estimate of drug-likeness (QED) is 0.836. The van der Waals surface area contributed by atoms with E-state index in [1.54, 1.807) is 6.21 Å². The molecule has 2 aromatic carbocycles. The first-order valence-corrected chi connectivity index (χ1v) is 5.77. The molecule has 0 aromatic heterocycles. The van der Waals surface area contributed by atoms with E-state index in [0.29, 0.717) is 5.56 Å². The molecule has 0 bridgehead atoms. The molecule has 1 N–H and O–H groups in total. The lowest BCUT2D eigenvalue weighted by atomic mass is 10.2. The van der Waals surface area contributed by atoms with Gasteiger partial charge in [-0.25, -0.2) is 0 Å². The second kappa shape index (κ2) is 5.36. The molecule has 0 atom stereocenters. The van der Waals surface area contributed by atoms with E-state index in [2.05, 4.69) is 4.99 Å². The van der Waals surface area contributed by atoms with Gasteiger partial charge >= 0.3 is 0 Å². The zero-order valence-corrected chi connectivity index (χ0v) is 10.5. The third-order valence-electron chi connectivity index (χ3n) is 2.64. The number of hydrogen-bond donors (Lipinski definition) is 1. The van der Waals surface area contributed by atoms with Crippen molar-refractivity contribution in [3.8, 4) is 5.75 Å². The first-order chi connectivity index (χ1) is 8.68. The number of nitrogens with zero attached hydrogens (tertiary/aromatic N) is 2. The summed E-state index contributed by atoms with van der Waals surface area (Å²) in [6.45, 7) is 0. The van der Waals surface area contributed by atoms with E-state index in [1.165, 1.54) is 0 Å². The first-order valence-electron chi connectivity index (χ1n) is 5.77. The minimum absolute atomic E-state index is 0.252. The number of anilines is 1. The number of rotatable bonds is 3. The van der Waals surface area contributed by atoms with Gasteiger partial charge in [-0.1, -0.05) is 24.3 Å². The smallest absolute Gasteiger partial charge is 0.147 e. The van der Waals surface area contributed by atoms with E-state index >= 15 is 0 Å². The molecular formula is C15H16N2O. The Kier molecular flexibility index (Phi) is 3.63.